The first-order valence-electron chi connectivity index (χ1n) is 12.7. The Hall–Kier alpha value is -4.53. The molecule has 9 heteroatoms. The van der Waals surface area contributed by atoms with Gasteiger partial charge in [-0.05, 0) is 55.8 Å². The number of amides is 2. The molecule has 0 aliphatic carbocycles. The molecule has 9 nitrogen and oxygen atoms in total. The predicted octanol–water partition coefficient (Wildman–Crippen LogP) is 4.55. The number of aryl methyl sites for hydroxylation is 1. The quantitative estimate of drug-likeness (QED) is 0.366. The summed E-state index contributed by atoms with van der Waals surface area (Å²) in [7, 11) is 1.63. The first-order valence-corrected chi connectivity index (χ1v) is 12.7. The monoisotopic (exact) mass is 513 g/mol. The fraction of sp³-hybridized carbons (Fsp3) is 0.276. The highest BCUT2D eigenvalue weighted by molar-refractivity contribution is 5.77. The van der Waals surface area contributed by atoms with E-state index in [1.54, 1.807) is 18.9 Å². The Morgan fingerprint density at radius 3 is 2.66 bits per heavy atom. The van der Waals surface area contributed by atoms with Crippen molar-refractivity contribution in [3.8, 4) is 17.3 Å². The summed E-state index contributed by atoms with van der Waals surface area (Å²) in [6.45, 7) is 4.53. The van der Waals surface area contributed by atoms with E-state index in [0.717, 1.165) is 34.0 Å². The molecule has 0 spiro atoms. The molecule has 2 aromatic carbocycles. The van der Waals surface area contributed by atoms with E-state index >= 15 is 0 Å². The van der Waals surface area contributed by atoms with Crippen molar-refractivity contribution >= 4 is 12.0 Å². The zero-order valence-corrected chi connectivity index (χ0v) is 21.8. The Kier molecular flexibility index (Phi) is 7.17. The number of fused-ring (bicyclic) bond motifs is 3. The molecule has 5 rings (SSSR count). The Bertz CT molecular complexity index is 1440. The number of aromatic nitrogens is 3. The topological polar surface area (TPSA) is 90.6 Å². The number of para-hydroxylation sites is 1. The highest BCUT2D eigenvalue weighted by Crippen LogP contribution is 2.39. The maximum absolute atomic E-state index is 13.8. The molecule has 1 aliphatic heterocycles. The Morgan fingerprint density at radius 2 is 1.89 bits per heavy atom. The molecule has 196 valence electrons. The molecule has 0 bridgehead atoms. The van der Waals surface area contributed by atoms with Crippen LogP contribution in [0.2, 0.25) is 0 Å². The van der Waals surface area contributed by atoms with Gasteiger partial charge in [0.25, 0.3) is 0 Å². The summed E-state index contributed by atoms with van der Waals surface area (Å²) in [5, 5.41) is 7.79. The van der Waals surface area contributed by atoms with E-state index in [1.165, 1.54) is 0 Å². The summed E-state index contributed by atoms with van der Waals surface area (Å²) >= 11 is 0. The minimum Gasteiger partial charge on any atom is -0.497 e. The van der Waals surface area contributed by atoms with E-state index in [-0.39, 0.29) is 25.0 Å². The summed E-state index contributed by atoms with van der Waals surface area (Å²) in [6, 6.07) is 21.0. The van der Waals surface area contributed by atoms with Crippen LogP contribution in [0.1, 0.15) is 41.9 Å². The minimum absolute atomic E-state index is 0.101. The highest BCUT2D eigenvalue weighted by atomic mass is 16.5. The molecule has 0 radical (unpaired) electrons. The molecule has 3 heterocycles. The van der Waals surface area contributed by atoms with Crippen molar-refractivity contribution < 1.29 is 19.1 Å². The number of methoxy groups -OCH3 is 1. The van der Waals surface area contributed by atoms with Crippen molar-refractivity contribution in [2.24, 2.45) is 0 Å². The summed E-state index contributed by atoms with van der Waals surface area (Å²) < 4.78 is 14.6. The summed E-state index contributed by atoms with van der Waals surface area (Å²) in [6.07, 6.45) is 2.11. The second-order valence-corrected chi connectivity index (χ2v) is 9.03. The van der Waals surface area contributed by atoms with E-state index in [1.807, 2.05) is 84.5 Å². The lowest BCUT2D eigenvalue weighted by Gasteiger charge is -2.31. The average molecular weight is 514 g/mol. The average Bonchev–Trinajstić information content (AvgIpc) is 3.49. The molecule has 2 amide bonds. The van der Waals surface area contributed by atoms with Gasteiger partial charge in [0.2, 0.25) is 0 Å². The number of hydrogen-bond donors (Lipinski definition) is 1. The summed E-state index contributed by atoms with van der Waals surface area (Å²) in [5.41, 5.74) is 4.53. The van der Waals surface area contributed by atoms with E-state index in [4.69, 9.17) is 14.6 Å². The maximum atomic E-state index is 13.8. The van der Waals surface area contributed by atoms with Crippen LogP contribution in [0.4, 0.5) is 4.79 Å². The summed E-state index contributed by atoms with van der Waals surface area (Å²) in [4.78, 5) is 27.4. The molecule has 1 atom stereocenters. The molecule has 1 aliphatic rings. The van der Waals surface area contributed by atoms with E-state index in [0.29, 0.717) is 18.9 Å². The third-order valence-electron chi connectivity index (χ3n) is 6.67. The second-order valence-electron chi connectivity index (χ2n) is 9.03. The third-order valence-corrected chi connectivity index (χ3v) is 6.67. The zero-order chi connectivity index (χ0) is 26.6. The van der Waals surface area contributed by atoms with Crippen molar-refractivity contribution in [2.45, 2.75) is 32.9 Å². The van der Waals surface area contributed by atoms with Crippen LogP contribution in [-0.2, 0) is 16.1 Å². The molecule has 0 saturated heterocycles. The lowest BCUT2D eigenvalue weighted by molar-refractivity contribution is -0.142. The van der Waals surface area contributed by atoms with Gasteiger partial charge in [0, 0.05) is 18.3 Å². The molecule has 0 saturated carbocycles. The Labute approximate surface area is 221 Å². The Morgan fingerprint density at radius 1 is 1.08 bits per heavy atom. The molecule has 1 N–H and O–H groups in total. The molecule has 4 aromatic rings. The van der Waals surface area contributed by atoms with Crippen LogP contribution in [0, 0.1) is 6.92 Å². The zero-order valence-electron chi connectivity index (χ0n) is 21.8. The largest absolute Gasteiger partial charge is 0.497 e. The van der Waals surface area contributed by atoms with Gasteiger partial charge in [-0.15, -0.1) is 0 Å². The second kappa shape index (κ2) is 10.8. The van der Waals surface area contributed by atoms with Crippen molar-refractivity contribution in [1.29, 1.82) is 0 Å². The normalized spacial score (nSPS) is 14.3. The summed E-state index contributed by atoms with van der Waals surface area (Å²) in [5.74, 6) is 1.25. The molecule has 0 fully saturated rings. The molecule has 2 aromatic heterocycles. The van der Waals surface area contributed by atoms with E-state index in [9.17, 15) is 9.59 Å². The van der Waals surface area contributed by atoms with Crippen molar-refractivity contribution in [2.75, 3.05) is 20.3 Å². The van der Waals surface area contributed by atoms with Crippen molar-refractivity contribution in [3.63, 3.8) is 0 Å². The molecular weight excluding hydrogens is 482 g/mol. The van der Waals surface area contributed by atoms with Crippen LogP contribution in [0.5, 0.6) is 5.75 Å². The highest BCUT2D eigenvalue weighted by Gasteiger charge is 2.36. The number of hydrogen-bond acceptors (Lipinski definition) is 5. The smallest absolute Gasteiger partial charge is 0.318 e. The van der Waals surface area contributed by atoms with Gasteiger partial charge in [-0.3, -0.25) is 4.79 Å². The fourth-order valence-electron chi connectivity index (χ4n) is 4.92. The molecule has 1 unspecified atom stereocenters. The SMILES string of the molecule is CCOC(=O)CCNC(=O)N1Cc2c(C)nn(-c3ccccc3)c2-n2cccc2C1c1cccc(OC)c1. The number of carbonyl (C=O) groups excluding carboxylic acids is 2. The number of nitrogens with one attached hydrogen (secondary N) is 1. The number of urea groups is 1. The van der Waals surface area contributed by atoms with E-state index in [2.05, 4.69) is 9.88 Å². The van der Waals surface area contributed by atoms with Gasteiger partial charge in [0.1, 0.15) is 11.6 Å². The van der Waals surface area contributed by atoms with Crippen molar-refractivity contribution in [3.05, 3.63) is 95.4 Å². The minimum atomic E-state index is -0.418. The van der Waals surface area contributed by atoms with Gasteiger partial charge in [0.15, 0.2) is 0 Å². The lowest BCUT2D eigenvalue weighted by Crippen LogP contribution is -2.42. The number of rotatable bonds is 7. The van der Waals surface area contributed by atoms with E-state index < -0.39 is 6.04 Å². The van der Waals surface area contributed by atoms with Crippen LogP contribution in [0.15, 0.2) is 72.9 Å². The predicted molar refractivity (Wildman–Crippen MR) is 143 cm³/mol. The number of esters is 1. The van der Waals surface area contributed by atoms with Crippen molar-refractivity contribution in [1.82, 2.24) is 24.6 Å². The number of nitrogens with zero attached hydrogens (tertiary/aromatic N) is 4. The number of benzene rings is 2. The third kappa shape index (κ3) is 4.74. The standard InChI is InChI=1S/C29H31N5O4/c1-4-38-26(35)15-16-30-29(36)33-19-24-20(2)31-34(22-11-6-5-7-12-22)28(24)32-17-9-14-25(32)27(33)21-10-8-13-23(18-21)37-3/h5-14,17-18,27H,4,15-16,19H2,1-3H3,(H,30,36). The molecular formula is C29H31N5O4. The van der Waals surface area contributed by atoms with Gasteiger partial charge < -0.3 is 24.3 Å². The number of ether oxygens (including phenoxy) is 2. The maximum Gasteiger partial charge on any atom is 0.318 e. The lowest BCUT2D eigenvalue weighted by atomic mass is 10.0. The fourth-order valence-corrected chi connectivity index (χ4v) is 4.92. The van der Waals surface area contributed by atoms with Gasteiger partial charge in [0.05, 0.1) is 49.8 Å². The van der Waals surface area contributed by atoms with Crippen LogP contribution in [0.25, 0.3) is 11.5 Å². The first kappa shape index (κ1) is 25.1. The first-order chi connectivity index (χ1) is 18.5. The van der Waals surface area contributed by atoms with Gasteiger partial charge in [-0.2, -0.15) is 5.10 Å². The van der Waals surface area contributed by atoms with Gasteiger partial charge in [-0.1, -0.05) is 30.3 Å². The number of carbonyl (C=O) groups is 2. The van der Waals surface area contributed by atoms with Gasteiger partial charge in [-0.25, -0.2) is 9.48 Å². The van der Waals surface area contributed by atoms with Crippen LogP contribution in [-0.4, -0.2) is 51.5 Å². The Balaban J connectivity index is 1.61. The van der Waals surface area contributed by atoms with Gasteiger partial charge >= 0.3 is 12.0 Å². The molecule has 38 heavy (non-hydrogen) atoms. The van der Waals surface area contributed by atoms with Crippen LogP contribution >= 0.6 is 0 Å². The van der Waals surface area contributed by atoms with Crippen LogP contribution in [0.3, 0.4) is 0 Å². The van der Waals surface area contributed by atoms with Crippen LogP contribution < -0.4 is 10.1 Å².